The molecule has 3 aromatic carbocycles. The van der Waals surface area contributed by atoms with Gasteiger partial charge in [-0.2, -0.15) is 5.26 Å². The van der Waals surface area contributed by atoms with Crippen molar-refractivity contribution in [3.8, 4) is 17.6 Å². The van der Waals surface area contributed by atoms with Gasteiger partial charge >= 0.3 is 0 Å². The van der Waals surface area contributed by atoms with E-state index in [9.17, 15) is 14.9 Å². The van der Waals surface area contributed by atoms with Gasteiger partial charge in [-0.25, -0.2) is 0 Å². The Hall–Kier alpha value is -3.51. The fourth-order valence-corrected chi connectivity index (χ4v) is 3.53. The van der Waals surface area contributed by atoms with E-state index in [4.69, 9.17) is 32.7 Å². The minimum Gasteiger partial charge on any atom is -0.497 e. The lowest BCUT2D eigenvalue weighted by Gasteiger charge is -2.11. The van der Waals surface area contributed by atoms with Crippen molar-refractivity contribution in [2.24, 2.45) is 0 Å². The van der Waals surface area contributed by atoms with Crippen LogP contribution in [0.15, 0.2) is 70.7 Å². The van der Waals surface area contributed by atoms with E-state index in [2.05, 4.69) is 26.6 Å². The summed E-state index contributed by atoms with van der Waals surface area (Å²) in [5.41, 5.74) is 1.25. The SMILES string of the molecule is COc1ccc(NC(=O)/C(C#N)=C\c2cc(Br)ccc2OCC(=O)Nc2ccc(Cl)c(Cl)c2)cc1. The molecule has 0 aliphatic heterocycles. The van der Waals surface area contributed by atoms with Crippen LogP contribution in [0.25, 0.3) is 6.08 Å². The number of anilines is 2. The average Bonchev–Trinajstić information content (AvgIpc) is 2.84. The van der Waals surface area contributed by atoms with Gasteiger partial charge in [0.15, 0.2) is 6.61 Å². The normalized spacial score (nSPS) is 10.8. The first kappa shape index (κ1) is 26.1. The van der Waals surface area contributed by atoms with Gasteiger partial charge in [0, 0.05) is 21.4 Å². The zero-order valence-electron chi connectivity index (χ0n) is 18.3. The van der Waals surface area contributed by atoms with E-state index in [-0.39, 0.29) is 12.2 Å². The number of nitrogens with one attached hydrogen (secondary N) is 2. The molecule has 0 aliphatic rings. The van der Waals surface area contributed by atoms with Gasteiger partial charge in [-0.3, -0.25) is 9.59 Å². The second kappa shape index (κ2) is 12.3. The topological polar surface area (TPSA) is 100 Å². The van der Waals surface area contributed by atoms with E-state index in [1.54, 1.807) is 61.7 Å². The van der Waals surface area contributed by atoms with Crippen molar-refractivity contribution >= 4 is 68.4 Å². The van der Waals surface area contributed by atoms with E-state index in [1.807, 2.05) is 6.07 Å². The molecule has 2 amide bonds. The third-order valence-corrected chi connectivity index (χ3v) is 5.78. The summed E-state index contributed by atoms with van der Waals surface area (Å²) in [4.78, 5) is 25.0. The molecule has 0 bridgehead atoms. The molecule has 0 aromatic heterocycles. The number of amides is 2. The molecule has 0 spiro atoms. The average molecular weight is 575 g/mol. The number of nitrogens with zero attached hydrogens (tertiary/aromatic N) is 1. The predicted octanol–water partition coefficient (Wildman–Crippen LogP) is 6.33. The van der Waals surface area contributed by atoms with Crippen molar-refractivity contribution in [3.63, 3.8) is 0 Å². The first-order valence-corrected chi connectivity index (χ1v) is 11.6. The number of carbonyl (C=O) groups excluding carboxylic acids is 2. The molecular formula is C25H18BrCl2N3O4. The molecule has 10 heteroatoms. The Labute approximate surface area is 220 Å². The van der Waals surface area contributed by atoms with Crippen LogP contribution in [0, 0.1) is 11.3 Å². The third-order valence-electron chi connectivity index (χ3n) is 4.55. The summed E-state index contributed by atoms with van der Waals surface area (Å²) in [5, 5.41) is 15.6. The van der Waals surface area contributed by atoms with Gasteiger partial charge in [0.1, 0.15) is 23.1 Å². The van der Waals surface area contributed by atoms with Gasteiger partial charge in [-0.05, 0) is 66.7 Å². The van der Waals surface area contributed by atoms with Crippen molar-refractivity contribution in [3.05, 3.63) is 86.3 Å². The largest absolute Gasteiger partial charge is 0.497 e. The summed E-state index contributed by atoms with van der Waals surface area (Å²) >= 11 is 15.2. The number of hydrogen-bond donors (Lipinski definition) is 2. The number of hydrogen-bond acceptors (Lipinski definition) is 5. The molecule has 35 heavy (non-hydrogen) atoms. The Bertz CT molecular complexity index is 1320. The van der Waals surface area contributed by atoms with Crippen LogP contribution in [0.2, 0.25) is 10.0 Å². The predicted molar refractivity (Wildman–Crippen MR) is 140 cm³/mol. The fraction of sp³-hybridized carbons (Fsp3) is 0.0800. The second-order valence-electron chi connectivity index (χ2n) is 7.00. The molecule has 2 N–H and O–H groups in total. The molecule has 0 heterocycles. The zero-order chi connectivity index (χ0) is 25.4. The van der Waals surface area contributed by atoms with E-state index in [1.165, 1.54) is 12.1 Å². The highest BCUT2D eigenvalue weighted by Crippen LogP contribution is 2.27. The first-order chi connectivity index (χ1) is 16.8. The molecule has 3 aromatic rings. The maximum atomic E-state index is 12.6. The lowest BCUT2D eigenvalue weighted by molar-refractivity contribution is -0.118. The first-order valence-electron chi connectivity index (χ1n) is 10.0. The van der Waals surface area contributed by atoms with Gasteiger partial charge in [-0.15, -0.1) is 0 Å². The molecule has 0 atom stereocenters. The van der Waals surface area contributed by atoms with E-state index in [0.717, 1.165) is 0 Å². The summed E-state index contributed by atoms with van der Waals surface area (Å²) in [6, 6.07) is 18.3. The Balaban J connectivity index is 1.73. The van der Waals surface area contributed by atoms with Crippen LogP contribution in [-0.2, 0) is 9.59 Å². The molecule has 0 radical (unpaired) electrons. The molecule has 7 nitrogen and oxygen atoms in total. The van der Waals surface area contributed by atoms with Crippen LogP contribution >= 0.6 is 39.1 Å². The number of nitriles is 1. The molecule has 0 unspecified atom stereocenters. The van der Waals surface area contributed by atoms with Gasteiger partial charge in [0.2, 0.25) is 0 Å². The minimum atomic E-state index is -0.596. The van der Waals surface area contributed by atoms with Crippen molar-refractivity contribution < 1.29 is 19.1 Å². The number of ether oxygens (including phenoxy) is 2. The molecular weight excluding hydrogens is 557 g/mol. The van der Waals surface area contributed by atoms with Crippen LogP contribution in [-0.4, -0.2) is 25.5 Å². The Morgan fingerprint density at radius 1 is 1.00 bits per heavy atom. The Morgan fingerprint density at radius 2 is 1.71 bits per heavy atom. The van der Waals surface area contributed by atoms with Crippen LogP contribution < -0.4 is 20.1 Å². The van der Waals surface area contributed by atoms with E-state index >= 15 is 0 Å². The van der Waals surface area contributed by atoms with Crippen molar-refractivity contribution in [1.82, 2.24) is 0 Å². The maximum absolute atomic E-state index is 12.6. The number of rotatable bonds is 8. The minimum absolute atomic E-state index is 0.149. The lowest BCUT2D eigenvalue weighted by atomic mass is 10.1. The molecule has 0 saturated heterocycles. The molecule has 3 rings (SSSR count). The summed E-state index contributed by atoms with van der Waals surface area (Å²) in [5.74, 6) is -0.0828. The number of carbonyl (C=O) groups is 2. The number of halogens is 3. The summed E-state index contributed by atoms with van der Waals surface area (Å²) in [7, 11) is 1.54. The molecule has 0 fully saturated rings. The van der Waals surface area contributed by atoms with Crippen molar-refractivity contribution in [2.45, 2.75) is 0 Å². The fourth-order valence-electron chi connectivity index (χ4n) is 2.85. The third kappa shape index (κ3) is 7.49. The summed E-state index contributed by atoms with van der Waals surface area (Å²) in [6.45, 7) is -0.317. The highest BCUT2D eigenvalue weighted by molar-refractivity contribution is 9.10. The van der Waals surface area contributed by atoms with Crippen LogP contribution in [0.4, 0.5) is 11.4 Å². The smallest absolute Gasteiger partial charge is 0.266 e. The van der Waals surface area contributed by atoms with Gasteiger partial charge < -0.3 is 20.1 Å². The number of methoxy groups -OCH3 is 1. The van der Waals surface area contributed by atoms with Crippen molar-refractivity contribution in [1.29, 1.82) is 5.26 Å². The highest BCUT2D eigenvalue weighted by Gasteiger charge is 2.13. The quantitative estimate of drug-likeness (QED) is 0.242. The lowest BCUT2D eigenvalue weighted by Crippen LogP contribution is -2.20. The Morgan fingerprint density at radius 3 is 2.37 bits per heavy atom. The van der Waals surface area contributed by atoms with Crippen LogP contribution in [0.3, 0.4) is 0 Å². The van der Waals surface area contributed by atoms with Crippen LogP contribution in [0.1, 0.15) is 5.56 Å². The van der Waals surface area contributed by atoms with Crippen molar-refractivity contribution in [2.75, 3.05) is 24.4 Å². The van der Waals surface area contributed by atoms with Gasteiger partial charge in [0.05, 0.1) is 17.2 Å². The zero-order valence-corrected chi connectivity index (χ0v) is 21.4. The van der Waals surface area contributed by atoms with Gasteiger partial charge in [0.25, 0.3) is 11.8 Å². The maximum Gasteiger partial charge on any atom is 0.266 e. The standard InChI is InChI=1S/C25H18BrCl2N3O4/c1-34-20-6-3-18(4-7-20)31-25(33)16(13-29)10-15-11-17(26)2-9-23(15)35-14-24(32)30-19-5-8-21(27)22(28)12-19/h2-12H,14H2,1H3,(H,30,32)(H,31,33)/b16-10-. The van der Waals surface area contributed by atoms with E-state index in [0.29, 0.717) is 43.0 Å². The monoisotopic (exact) mass is 573 g/mol. The second-order valence-corrected chi connectivity index (χ2v) is 8.73. The summed E-state index contributed by atoms with van der Waals surface area (Å²) < 4.78 is 11.5. The number of benzene rings is 3. The van der Waals surface area contributed by atoms with E-state index < -0.39 is 11.8 Å². The molecule has 0 saturated carbocycles. The molecule has 0 aliphatic carbocycles. The van der Waals surface area contributed by atoms with Gasteiger partial charge in [-0.1, -0.05) is 39.1 Å². The Kier molecular flexibility index (Phi) is 9.15. The molecule has 178 valence electrons. The highest BCUT2D eigenvalue weighted by atomic mass is 79.9. The summed E-state index contributed by atoms with van der Waals surface area (Å²) in [6.07, 6.45) is 1.38. The van der Waals surface area contributed by atoms with Crippen LogP contribution in [0.5, 0.6) is 11.5 Å².